The van der Waals surface area contributed by atoms with Crippen LogP contribution < -0.4 is 5.32 Å². The third-order valence-corrected chi connectivity index (χ3v) is 2.80. The highest BCUT2D eigenvalue weighted by atomic mass is 16.4. The van der Waals surface area contributed by atoms with Gasteiger partial charge in [0.05, 0.1) is 17.9 Å². The number of aliphatic carboxylic acids is 1. The first-order valence-corrected chi connectivity index (χ1v) is 5.89. The largest absolute Gasteiger partial charge is 0.481 e. The van der Waals surface area contributed by atoms with E-state index in [1.165, 1.54) is 0 Å². The molecule has 1 rings (SSSR count). The molecule has 5 heteroatoms. The van der Waals surface area contributed by atoms with Gasteiger partial charge in [0.2, 0.25) is 5.91 Å². The van der Waals surface area contributed by atoms with Crippen molar-refractivity contribution in [3.05, 3.63) is 0 Å². The lowest BCUT2D eigenvalue weighted by Crippen LogP contribution is -2.35. The summed E-state index contributed by atoms with van der Waals surface area (Å²) in [5.74, 6) is -2.12. The summed E-state index contributed by atoms with van der Waals surface area (Å²) >= 11 is 0. The van der Waals surface area contributed by atoms with Gasteiger partial charge in [-0.1, -0.05) is 20.8 Å². The van der Waals surface area contributed by atoms with Gasteiger partial charge in [-0.25, -0.2) is 0 Å². The SMILES string of the molecule is CC(C)(C)CC(O)CNC(=O)C1CC1C(=O)O. The number of hydrogen-bond donors (Lipinski definition) is 3. The average Bonchev–Trinajstić information content (AvgIpc) is 2.90. The number of carboxylic acids is 1. The van der Waals surface area contributed by atoms with Crippen LogP contribution in [0.5, 0.6) is 0 Å². The lowest BCUT2D eigenvalue weighted by molar-refractivity contribution is -0.140. The molecular formula is C12H21NO4. The number of hydrogen-bond acceptors (Lipinski definition) is 3. The molecule has 0 aromatic rings. The maximum atomic E-state index is 11.5. The van der Waals surface area contributed by atoms with Crippen LogP contribution in [0.4, 0.5) is 0 Å². The number of aliphatic hydroxyl groups is 1. The van der Waals surface area contributed by atoms with Gasteiger partial charge in [0.15, 0.2) is 0 Å². The van der Waals surface area contributed by atoms with Crippen LogP contribution in [0.2, 0.25) is 0 Å². The Morgan fingerprint density at radius 3 is 2.35 bits per heavy atom. The summed E-state index contributed by atoms with van der Waals surface area (Å²) in [5.41, 5.74) is 0.00727. The lowest BCUT2D eigenvalue weighted by atomic mass is 9.89. The second kappa shape index (κ2) is 5.04. The summed E-state index contributed by atoms with van der Waals surface area (Å²) in [6.07, 6.45) is 0.428. The Kier molecular flexibility index (Phi) is 4.14. The van der Waals surface area contributed by atoms with Crippen LogP contribution in [0.1, 0.15) is 33.6 Å². The molecule has 0 aliphatic heterocycles. The van der Waals surface area contributed by atoms with Crippen molar-refractivity contribution >= 4 is 11.9 Å². The van der Waals surface area contributed by atoms with E-state index in [2.05, 4.69) is 5.32 Å². The predicted octanol–water partition coefficient (Wildman–Crippen LogP) is 0.620. The summed E-state index contributed by atoms with van der Waals surface area (Å²) in [4.78, 5) is 22.1. The fourth-order valence-electron chi connectivity index (χ4n) is 1.89. The van der Waals surface area contributed by atoms with Crippen molar-refractivity contribution in [1.82, 2.24) is 5.32 Å². The number of aliphatic hydroxyl groups excluding tert-OH is 1. The van der Waals surface area contributed by atoms with Crippen LogP contribution in [0.15, 0.2) is 0 Å². The minimum absolute atomic E-state index is 0.00727. The van der Waals surface area contributed by atoms with Crippen molar-refractivity contribution in [3.63, 3.8) is 0 Å². The number of nitrogens with one attached hydrogen (secondary N) is 1. The van der Waals surface area contributed by atoms with Crippen molar-refractivity contribution in [2.24, 2.45) is 17.3 Å². The fraction of sp³-hybridized carbons (Fsp3) is 0.833. The Bertz CT molecular complexity index is 308. The van der Waals surface area contributed by atoms with Crippen molar-refractivity contribution in [2.75, 3.05) is 6.54 Å². The van der Waals surface area contributed by atoms with Crippen molar-refractivity contribution < 1.29 is 19.8 Å². The third-order valence-electron chi connectivity index (χ3n) is 2.80. The third kappa shape index (κ3) is 4.73. The standard InChI is InChI=1S/C12H21NO4/c1-12(2,3)5-7(14)6-13-10(15)8-4-9(8)11(16)17/h7-9,14H,4-6H2,1-3H3,(H,13,15)(H,16,17). The van der Waals surface area contributed by atoms with Crippen LogP contribution in [-0.2, 0) is 9.59 Å². The summed E-state index contributed by atoms with van der Waals surface area (Å²) in [5, 5.41) is 21.0. The molecule has 0 saturated heterocycles. The highest BCUT2D eigenvalue weighted by Gasteiger charge is 2.48. The van der Waals surface area contributed by atoms with Gasteiger partial charge in [-0.2, -0.15) is 0 Å². The quantitative estimate of drug-likeness (QED) is 0.660. The maximum Gasteiger partial charge on any atom is 0.307 e. The minimum Gasteiger partial charge on any atom is -0.481 e. The number of carbonyl (C=O) groups excluding carboxylic acids is 1. The zero-order valence-corrected chi connectivity index (χ0v) is 10.6. The Hall–Kier alpha value is -1.10. The van der Waals surface area contributed by atoms with E-state index in [-0.39, 0.29) is 17.9 Å². The van der Waals surface area contributed by atoms with Crippen LogP contribution in [0, 0.1) is 17.3 Å². The van der Waals surface area contributed by atoms with Crippen LogP contribution >= 0.6 is 0 Å². The summed E-state index contributed by atoms with van der Waals surface area (Å²) in [6, 6.07) is 0. The van der Waals surface area contributed by atoms with Crippen molar-refractivity contribution in [2.45, 2.75) is 39.7 Å². The molecule has 98 valence electrons. The molecule has 0 spiro atoms. The molecule has 0 aromatic carbocycles. The molecule has 0 bridgehead atoms. The van der Waals surface area contributed by atoms with Gasteiger partial charge in [0.1, 0.15) is 0 Å². The Labute approximate surface area is 101 Å². The predicted molar refractivity (Wildman–Crippen MR) is 62.3 cm³/mol. The van der Waals surface area contributed by atoms with Crippen molar-refractivity contribution in [3.8, 4) is 0 Å². The van der Waals surface area contributed by atoms with Gasteiger partial charge in [0.25, 0.3) is 0 Å². The molecular weight excluding hydrogens is 222 g/mol. The second-order valence-corrected chi connectivity index (χ2v) is 5.95. The second-order valence-electron chi connectivity index (χ2n) is 5.95. The highest BCUT2D eigenvalue weighted by Crippen LogP contribution is 2.38. The zero-order chi connectivity index (χ0) is 13.2. The molecule has 0 radical (unpaired) electrons. The summed E-state index contributed by atoms with van der Waals surface area (Å²) in [6.45, 7) is 6.23. The van der Waals surface area contributed by atoms with Gasteiger partial charge in [0, 0.05) is 6.54 Å². The van der Waals surface area contributed by atoms with Gasteiger partial charge in [-0.15, -0.1) is 0 Å². The molecule has 3 atom stereocenters. The molecule has 1 aliphatic rings. The molecule has 3 unspecified atom stereocenters. The van der Waals surface area contributed by atoms with Gasteiger partial charge in [-0.05, 0) is 18.3 Å². The Morgan fingerprint density at radius 1 is 1.35 bits per heavy atom. The summed E-state index contributed by atoms with van der Waals surface area (Å²) < 4.78 is 0. The van der Waals surface area contributed by atoms with Crippen LogP contribution in [-0.4, -0.2) is 34.7 Å². The molecule has 1 amide bonds. The molecule has 1 fully saturated rings. The van der Waals surface area contributed by atoms with E-state index in [9.17, 15) is 14.7 Å². The van der Waals surface area contributed by atoms with E-state index in [0.29, 0.717) is 12.8 Å². The first-order valence-electron chi connectivity index (χ1n) is 5.89. The van der Waals surface area contributed by atoms with E-state index in [0.717, 1.165) is 0 Å². The average molecular weight is 243 g/mol. The van der Waals surface area contributed by atoms with E-state index in [1.54, 1.807) is 0 Å². The maximum absolute atomic E-state index is 11.5. The molecule has 0 aromatic heterocycles. The van der Waals surface area contributed by atoms with Gasteiger partial charge in [-0.3, -0.25) is 9.59 Å². The summed E-state index contributed by atoms with van der Waals surface area (Å²) in [7, 11) is 0. The lowest BCUT2D eigenvalue weighted by Gasteiger charge is -2.22. The molecule has 17 heavy (non-hydrogen) atoms. The number of rotatable bonds is 5. The molecule has 3 N–H and O–H groups in total. The fourth-order valence-corrected chi connectivity index (χ4v) is 1.89. The number of carbonyl (C=O) groups is 2. The van der Waals surface area contributed by atoms with Crippen LogP contribution in [0.3, 0.4) is 0 Å². The first kappa shape index (κ1) is 14.0. The zero-order valence-electron chi connectivity index (χ0n) is 10.6. The molecule has 5 nitrogen and oxygen atoms in total. The number of amides is 1. The normalized spacial score (nSPS) is 25.2. The highest BCUT2D eigenvalue weighted by molar-refractivity contribution is 5.89. The Morgan fingerprint density at radius 2 is 1.94 bits per heavy atom. The van der Waals surface area contributed by atoms with E-state index >= 15 is 0 Å². The van der Waals surface area contributed by atoms with Gasteiger partial charge < -0.3 is 15.5 Å². The Balaban J connectivity index is 2.23. The van der Waals surface area contributed by atoms with E-state index in [4.69, 9.17) is 5.11 Å². The molecule has 0 heterocycles. The van der Waals surface area contributed by atoms with Gasteiger partial charge >= 0.3 is 5.97 Å². The monoisotopic (exact) mass is 243 g/mol. The molecule has 1 aliphatic carbocycles. The minimum atomic E-state index is -0.916. The molecule has 1 saturated carbocycles. The smallest absolute Gasteiger partial charge is 0.307 e. The van der Waals surface area contributed by atoms with Crippen LogP contribution in [0.25, 0.3) is 0 Å². The van der Waals surface area contributed by atoms with Crippen molar-refractivity contribution in [1.29, 1.82) is 0 Å². The number of carboxylic acid groups (broad SMARTS) is 1. The van der Waals surface area contributed by atoms with E-state index < -0.39 is 23.9 Å². The first-order chi connectivity index (χ1) is 7.70. The van der Waals surface area contributed by atoms with E-state index in [1.807, 2.05) is 20.8 Å². The topological polar surface area (TPSA) is 86.6 Å².